The lowest BCUT2D eigenvalue weighted by Gasteiger charge is -2.36. The number of carbonyl (C=O) groups is 1. The van der Waals surface area contributed by atoms with Gasteiger partial charge in [0.15, 0.2) is 0 Å². The van der Waals surface area contributed by atoms with E-state index in [-0.39, 0.29) is 11.6 Å². The van der Waals surface area contributed by atoms with Gasteiger partial charge in [-0.25, -0.2) is 14.8 Å². The molecule has 2 saturated heterocycles. The molecule has 1 spiro atoms. The molecule has 0 bridgehead atoms. The van der Waals surface area contributed by atoms with Gasteiger partial charge in [-0.15, -0.1) is 0 Å². The van der Waals surface area contributed by atoms with Crippen molar-refractivity contribution in [3.8, 4) is 6.07 Å². The van der Waals surface area contributed by atoms with Gasteiger partial charge < -0.3 is 19.5 Å². The van der Waals surface area contributed by atoms with Crippen molar-refractivity contribution in [2.75, 3.05) is 24.5 Å². The zero-order valence-corrected chi connectivity index (χ0v) is 15.9. The number of nitrogens with one attached hydrogen (secondary N) is 1. The first-order valence-corrected chi connectivity index (χ1v) is 9.31. The lowest BCUT2D eigenvalue weighted by Crippen LogP contribution is -2.50. The van der Waals surface area contributed by atoms with Crippen LogP contribution in [0.5, 0.6) is 0 Å². The van der Waals surface area contributed by atoms with Crippen LogP contribution in [-0.4, -0.2) is 56.7 Å². The minimum absolute atomic E-state index is 0.233. The zero-order valence-electron chi connectivity index (χ0n) is 15.9. The Hall–Kier alpha value is -2.82. The standard InChI is InChI=1S/C19H24N6O2/c1-18(2,3)27-17(26)25-7-4-5-19(25)6-8-24(11-19)16-14-13(9-20)10-21-15(14)22-12-23-16/h10,12H,4-8,11H2,1-3H3,(H,21,22,23). The summed E-state index contributed by atoms with van der Waals surface area (Å²) in [6.07, 6.45) is 5.73. The van der Waals surface area contributed by atoms with E-state index in [1.165, 1.54) is 6.33 Å². The van der Waals surface area contributed by atoms with Gasteiger partial charge in [-0.05, 0) is 40.0 Å². The molecule has 1 N–H and O–H groups in total. The molecule has 1 unspecified atom stereocenters. The Bertz CT molecular complexity index is 924. The predicted octanol–water partition coefficient (Wildman–Crippen LogP) is 2.81. The van der Waals surface area contributed by atoms with Gasteiger partial charge >= 0.3 is 6.09 Å². The first kappa shape index (κ1) is 17.6. The van der Waals surface area contributed by atoms with E-state index in [0.717, 1.165) is 43.6 Å². The molecule has 1 atom stereocenters. The second-order valence-electron chi connectivity index (χ2n) is 8.37. The van der Waals surface area contributed by atoms with Gasteiger partial charge in [-0.2, -0.15) is 5.26 Å². The van der Waals surface area contributed by atoms with Crippen LogP contribution in [0.2, 0.25) is 0 Å². The number of hydrogen-bond acceptors (Lipinski definition) is 6. The number of nitriles is 1. The van der Waals surface area contributed by atoms with Gasteiger partial charge in [-0.3, -0.25) is 0 Å². The van der Waals surface area contributed by atoms with Crippen LogP contribution in [0.4, 0.5) is 10.6 Å². The Morgan fingerprint density at radius 3 is 2.89 bits per heavy atom. The molecule has 8 heteroatoms. The Labute approximate surface area is 158 Å². The maximum Gasteiger partial charge on any atom is 0.410 e. The first-order chi connectivity index (χ1) is 12.8. The topological polar surface area (TPSA) is 98.1 Å². The van der Waals surface area contributed by atoms with Crippen molar-refractivity contribution >= 4 is 22.9 Å². The summed E-state index contributed by atoms with van der Waals surface area (Å²) in [7, 11) is 0. The van der Waals surface area contributed by atoms with Crippen LogP contribution in [0, 0.1) is 11.3 Å². The number of likely N-dealkylation sites (tertiary alicyclic amines) is 1. The molecule has 2 aromatic rings. The minimum atomic E-state index is -0.509. The lowest BCUT2D eigenvalue weighted by molar-refractivity contribution is 0.0111. The molecule has 2 aliphatic rings. The molecule has 8 nitrogen and oxygen atoms in total. The van der Waals surface area contributed by atoms with Crippen LogP contribution >= 0.6 is 0 Å². The van der Waals surface area contributed by atoms with Crippen LogP contribution in [0.15, 0.2) is 12.5 Å². The average Bonchev–Trinajstić information content (AvgIpc) is 3.32. The molecule has 1 amide bonds. The summed E-state index contributed by atoms with van der Waals surface area (Å²) in [6.45, 7) is 7.86. The summed E-state index contributed by atoms with van der Waals surface area (Å²) in [5.74, 6) is 0.755. The van der Waals surface area contributed by atoms with Crippen LogP contribution in [0.3, 0.4) is 0 Å². The highest BCUT2D eigenvalue weighted by Crippen LogP contribution is 2.41. The minimum Gasteiger partial charge on any atom is -0.444 e. The van der Waals surface area contributed by atoms with E-state index in [1.54, 1.807) is 6.20 Å². The summed E-state index contributed by atoms with van der Waals surface area (Å²) < 4.78 is 5.64. The third-order valence-corrected chi connectivity index (χ3v) is 5.41. The molecule has 2 aromatic heterocycles. The largest absolute Gasteiger partial charge is 0.444 e. The molecule has 0 radical (unpaired) electrons. The van der Waals surface area contributed by atoms with E-state index in [1.807, 2.05) is 25.7 Å². The SMILES string of the molecule is CC(C)(C)OC(=O)N1CCCC12CCN(c1ncnc3[nH]cc(C#N)c13)C2. The van der Waals surface area contributed by atoms with E-state index < -0.39 is 5.60 Å². The van der Waals surface area contributed by atoms with Gasteiger partial charge in [0.1, 0.15) is 29.5 Å². The maximum atomic E-state index is 12.7. The van der Waals surface area contributed by atoms with Gasteiger partial charge in [0, 0.05) is 25.8 Å². The summed E-state index contributed by atoms with van der Waals surface area (Å²) in [5, 5.41) is 10.2. The number of ether oxygens (including phenoxy) is 1. The van der Waals surface area contributed by atoms with Crippen molar-refractivity contribution in [1.29, 1.82) is 5.26 Å². The van der Waals surface area contributed by atoms with Crippen LogP contribution < -0.4 is 4.90 Å². The third kappa shape index (κ3) is 2.97. The van der Waals surface area contributed by atoms with Crippen molar-refractivity contribution < 1.29 is 9.53 Å². The number of aromatic amines is 1. The molecule has 0 aromatic carbocycles. The number of nitrogens with zero attached hydrogens (tertiary/aromatic N) is 5. The van der Waals surface area contributed by atoms with Gasteiger partial charge in [0.25, 0.3) is 0 Å². The summed E-state index contributed by atoms with van der Waals surface area (Å²) >= 11 is 0. The molecule has 0 saturated carbocycles. The highest BCUT2D eigenvalue weighted by atomic mass is 16.6. The number of rotatable bonds is 1. The highest BCUT2D eigenvalue weighted by Gasteiger charge is 2.49. The fourth-order valence-electron chi connectivity index (χ4n) is 4.28. The lowest BCUT2D eigenvalue weighted by atomic mass is 9.95. The molecule has 142 valence electrons. The van der Waals surface area contributed by atoms with Crippen molar-refractivity contribution in [3.63, 3.8) is 0 Å². The van der Waals surface area contributed by atoms with Crippen molar-refractivity contribution in [1.82, 2.24) is 19.9 Å². The van der Waals surface area contributed by atoms with E-state index in [4.69, 9.17) is 4.74 Å². The van der Waals surface area contributed by atoms with Gasteiger partial charge in [-0.1, -0.05) is 0 Å². The quantitative estimate of drug-likeness (QED) is 0.831. The van der Waals surface area contributed by atoms with Gasteiger partial charge in [0.2, 0.25) is 0 Å². The average molecular weight is 368 g/mol. The second kappa shape index (κ2) is 6.12. The number of amides is 1. The zero-order chi connectivity index (χ0) is 19.2. The highest BCUT2D eigenvalue weighted by molar-refractivity contribution is 5.93. The fraction of sp³-hybridized carbons (Fsp3) is 0.579. The normalized spacial score (nSPS) is 22.6. The number of aromatic nitrogens is 3. The number of H-pyrrole nitrogens is 1. The van der Waals surface area contributed by atoms with Crippen LogP contribution in [-0.2, 0) is 4.74 Å². The van der Waals surface area contributed by atoms with E-state index in [9.17, 15) is 10.1 Å². The molecule has 4 heterocycles. The number of anilines is 1. The van der Waals surface area contributed by atoms with Gasteiger partial charge in [0.05, 0.1) is 16.5 Å². The predicted molar refractivity (Wildman–Crippen MR) is 100 cm³/mol. The third-order valence-electron chi connectivity index (χ3n) is 5.41. The fourth-order valence-corrected chi connectivity index (χ4v) is 4.28. The molecular formula is C19H24N6O2. The Balaban J connectivity index is 1.63. The molecule has 2 aliphatic heterocycles. The number of carbonyl (C=O) groups excluding carboxylic acids is 1. The maximum absolute atomic E-state index is 12.7. The molecular weight excluding hydrogens is 344 g/mol. The van der Waals surface area contributed by atoms with Crippen LogP contribution in [0.1, 0.15) is 45.6 Å². The molecule has 4 rings (SSSR count). The molecule has 0 aliphatic carbocycles. The Kier molecular flexibility index (Phi) is 3.98. The molecule has 2 fully saturated rings. The monoisotopic (exact) mass is 368 g/mol. The number of hydrogen-bond donors (Lipinski definition) is 1. The van der Waals surface area contributed by atoms with E-state index in [0.29, 0.717) is 17.8 Å². The second-order valence-corrected chi connectivity index (χ2v) is 8.37. The Morgan fingerprint density at radius 1 is 1.33 bits per heavy atom. The number of fused-ring (bicyclic) bond motifs is 1. The summed E-state index contributed by atoms with van der Waals surface area (Å²) in [5.41, 5.74) is 0.456. The van der Waals surface area contributed by atoms with Crippen LogP contribution in [0.25, 0.3) is 11.0 Å². The first-order valence-electron chi connectivity index (χ1n) is 9.31. The molecule has 27 heavy (non-hydrogen) atoms. The van der Waals surface area contributed by atoms with Crippen molar-refractivity contribution in [2.24, 2.45) is 0 Å². The van der Waals surface area contributed by atoms with Crippen molar-refractivity contribution in [3.05, 3.63) is 18.1 Å². The van der Waals surface area contributed by atoms with E-state index in [2.05, 4.69) is 25.9 Å². The smallest absolute Gasteiger partial charge is 0.410 e. The van der Waals surface area contributed by atoms with E-state index >= 15 is 0 Å². The Morgan fingerprint density at radius 2 is 2.15 bits per heavy atom. The van der Waals surface area contributed by atoms with Crippen molar-refractivity contribution in [2.45, 2.75) is 51.2 Å². The summed E-state index contributed by atoms with van der Waals surface area (Å²) in [4.78, 5) is 28.5. The summed E-state index contributed by atoms with van der Waals surface area (Å²) in [6, 6.07) is 2.21.